The van der Waals surface area contributed by atoms with Crippen LogP contribution >= 0.6 is 60.9 Å². The van der Waals surface area contributed by atoms with Crippen LogP contribution in [0.15, 0.2) is 0 Å². The van der Waals surface area contributed by atoms with Crippen molar-refractivity contribution in [2.24, 2.45) is 11.5 Å². The molecule has 0 aromatic carbocycles. The molecule has 0 aliphatic carbocycles. The van der Waals surface area contributed by atoms with Crippen molar-refractivity contribution in [1.29, 1.82) is 0 Å². The molecule has 0 radical (unpaired) electrons. The van der Waals surface area contributed by atoms with Crippen LogP contribution in [0.5, 0.6) is 0 Å². The highest BCUT2D eigenvalue weighted by Crippen LogP contribution is 2.52. The Bertz CT molecular complexity index is 244. The third-order valence-corrected chi connectivity index (χ3v) is 13.1. The van der Waals surface area contributed by atoms with Crippen LogP contribution in [0.3, 0.4) is 0 Å². The maximum Gasteiger partial charge on any atom is 0.217 e. The number of nitrogens with two attached hydrogens (primary N) is 2. The van der Waals surface area contributed by atoms with Crippen molar-refractivity contribution in [3.63, 3.8) is 0 Å². The van der Waals surface area contributed by atoms with Crippen LogP contribution in [0.4, 0.5) is 0 Å². The molecule has 0 aliphatic rings. The summed E-state index contributed by atoms with van der Waals surface area (Å²) in [6.45, 7) is 0. The van der Waals surface area contributed by atoms with E-state index in [9.17, 15) is 9.59 Å². The largest absolute Gasteiger partial charge is 0.370 e. The van der Waals surface area contributed by atoms with Gasteiger partial charge in [-0.05, 0) is 65.0 Å². The average Bonchev–Trinajstić information content (AvgIpc) is 2.38. The van der Waals surface area contributed by atoms with Gasteiger partial charge < -0.3 is 11.5 Å². The molecule has 20 heavy (non-hydrogen) atoms. The van der Waals surface area contributed by atoms with Crippen LogP contribution in [0.25, 0.3) is 0 Å². The van der Waals surface area contributed by atoms with Crippen LogP contribution < -0.4 is 11.5 Å². The normalized spacial score (nSPS) is 10.6. The van der Waals surface area contributed by atoms with Crippen molar-refractivity contribution in [1.82, 2.24) is 0 Å². The molecule has 10 heteroatoms. The number of carbonyl (C=O) groups excluding carboxylic acids is 2. The SMILES string of the molecule is NC(=O)CCCCSSSSSSCCCCC(N)=O. The lowest BCUT2D eigenvalue weighted by molar-refractivity contribution is -0.118. The van der Waals surface area contributed by atoms with E-state index in [2.05, 4.69) is 0 Å². The Labute approximate surface area is 143 Å². The van der Waals surface area contributed by atoms with E-state index in [4.69, 9.17) is 11.5 Å². The van der Waals surface area contributed by atoms with E-state index in [1.54, 1.807) is 39.3 Å². The van der Waals surface area contributed by atoms with E-state index in [1.807, 2.05) is 21.6 Å². The quantitative estimate of drug-likeness (QED) is 0.315. The van der Waals surface area contributed by atoms with E-state index < -0.39 is 0 Å². The molecule has 0 atom stereocenters. The van der Waals surface area contributed by atoms with Crippen LogP contribution in [-0.4, -0.2) is 23.3 Å². The molecule has 0 aliphatic heterocycles. The molecule has 2 amide bonds. The zero-order valence-corrected chi connectivity index (χ0v) is 16.0. The topological polar surface area (TPSA) is 86.2 Å². The predicted molar refractivity (Wildman–Crippen MR) is 101 cm³/mol. The van der Waals surface area contributed by atoms with Gasteiger partial charge in [-0.25, -0.2) is 0 Å². The van der Waals surface area contributed by atoms with Crippen molar-refractivity contribution in [3.8, 4) is 0 Å². The lowest BCUT2D eigenvalue weighted by Gasteiger charge is -2.00. The number of hydrogen-bond acceptors (Lipinski definition) is 8. The lowest BCUT2D eigenvalue weighted by Crippen LogP contribution is -2.09. The average molecular weight is 393 g/mol. The molecule has 4 N–H and O–H groups in total. The van der Waals surface area contributed by atoms with Gasteiger partial charge in [-0.3, -0.25) is 9.59 Å². The highest BCUT2D eigenvalue weighted by atomic mass is 33.9. The minimum Gasteiger partial charge on any atom is -0.370 e. The third kappa shape index (κ3) is 19.0. The Morgan fingerprint density at radius 2 is 1.05 bits per heavy atom. The van der Waals surface area contributed by atoms with Crippen molar-refractivity contribution in [2.75, 3.05) is 11.5 Å². The van der Waals surface area contributed by atoms with Crippen molar-refractivity contribution in [3.05, 3.63) is 0 Å². The van der Waals surface area contributed by atoms with Crippen LogP contribution in [0.2, 0.25) is 0 Å². The van der Waals surface area contributed by atoms with Gasteiger partial charge in [0.25, 0.3) is 0 Å². The van der Waals surface area contributed by atoms with Crippen molar-refractivity contribution >= 4 is 72.7 Å². The summed E-state index contributed by atoms with van der Waals surface area (Å²) in [5.74, 6) is 1.68. The minimum absolute atomic E-state index is 0.211. The third-order valence-electron chi connectivity index (χ3n) is 1.98. The first-order valence-corrected chi connectivity index (χ1v) is 13.9. The molecule has 0 saturated heterocycles. The fraction of sp³-hybridized carbons (Fsp3) is 0.800. The zero-order valence-electron chi connectivity index (χ0n) is 11.1. The minimum atomic E-state index is -0.211. The number of hydrogen-bond donors (Lipinski definition) is 2. The first-order chi connectivity index (χ1) is 9.63. The molecule has 0 unspecified atom stereocenters. The predicted octanol–water partition coefficient (Wildman–Crippen LogP) is 4.27. The maximum atomic E-state index is 10.5. The van der Waals surface area contributed by atoms with Crippen molar-refractivity contribution in [2.45, 2.75) is 38.5 Å². The van der Waals surface area contributed by atoms with Gasteiger partial charge in [-0.2, -0.15) is 0 Å². The summed E-state index contributed by atoms with van der Waals surface area (Å²) in [4.78, 5) is 21.0. The van der Waals surface area contributed by atoms with Crippen LogP contribution in [0, 0.1) is 0 Å². The smallest absolute Gasteiger partial charge is 0.217 e. The van der Waals surface area contributed by atoms with Gasteiger partial charge in [0, 0.05) is 24.3 Å². The number of unbranched alkanes of at least 4 members (excludes halogenated alkanes) is 2. The second-order valence-electron chi connectivity index (χ2n) is 3.76. The Morgan fingerprint density at radius 3 is 1.40 bits per heavy atom. The van der Waals surface area contributed by atoms with Gasteiger partial charge in [0.15, 0.2) is 0 Å². The summed E-state index contributed by atoms with van der Waals surface area (Å²) >= 11 is 0. The zero-order chi connectivity index (χ0) is 15.1. The molecule has 0 heterocycles. The molecule has 0 bridgehead atoms. The van der Waals surface area contributed by atoms with Gasteiger partial charge in [0.1, 0.15) is 0 Å². The van der Waals surface area contributed by atoms with E-state index >= 15 is 0 Å². The summed E-state index contributed by atoms with van der Waals surface area (Å²) in [5.41, 5.74) is 10.1. The van der Waals surface area contributed by atoms with E-state index in [-0.39, 0.29) is 11.8 Å². The number of primary amides is 2. The first-order valence-electron chi connectivity index (χ1n) is 6.10. The number of carbonyl (C=O) groups is 2. The van der Waals surface area contributed by atoms with Crippen LogP contribution in [0.1, 0.15) is 38.5 Å². The second-order valence-corrected chi connectivity index (χ2v) is 13.5. The standard InChI is InChI=1S/C10H20N2O2S6/c11-9(13)5-1-3-7-15-17-19-20-18-16-8-4-2-6-10(12)14/h1-8H2,(H2,11,13)(H2,12,14). The number of rotatable bonds is 15. The maximum absolute atomic E-state index is 10.5. The number of amides is 2. The molecule has 0 aromatic rings. The molecule has 0 spiro atoms. The Hall–Kier alpha value is 1.04. The molecular weight excluding hydrogens is 373 g/mol. The molecule has 0 rings (SSSR count). The highest BCUT2D eigenvalue weighted by molar-refractivity contribution is 9.41. The summed E-state index contributed by atoms with van der Waals surface area (Å²) in [5, 5.41) is 0. The Morgan fingerprint density at radius 1 is 0.650 bits per heavy atom. The second kappa shape index (κ2) is 16.4. The Balaban J connectivity index is 2.99. The molecule has 0 saturated carbocycles. The molecule has 0 aromatic heterocycles. The Kier molecular flexibility index (Phi) is 17.3. The van der Waals surface area contributed by atoms with Crippen LogP contribution in [-0.2, 0) is 9.59 Å². The van der Waals surface area contributed by atoms with Gasteiger partial charge in [0.05, 0.1) is 0 Å². The molecule has 0 fully saturated rings. The summed E-state index contributed by atoms with van der Waals surface area (Å²) < 4.78 is 0. The highest BCUT2D eigenvalue weighted by Gasteiger charge is 1.98. The van der Waals surface area contributed by atoms with Gasteiger partial charge in [0.2, 0.25) is 11.8 Å². The fourth-order valence-electron chi connectivity index (χ4n) is 1.05. The van der Waals surface area contributed by atoms with Crippen molar-refractivity contribution < 1.29 is 9.59 Å². The van der Waals surface area contributed by atoms with E-state index in [0.717, 1.165) is 37.2 Å². The lowest BCUT2D eigenvalue weighted by atomic mass is 10.2. The molecule has 118 valence electrons. The fourth-order valence-corrected chi connectivity index (χ4v) is 12.8. The van der Waals surface area contributed by atoms with Gasteiger partial charge in [-0.1, -0.05) is 21.6 Å². The summed E-state index contributed by atoms with van der Waals surface area (Å²) in [6, 6.07) is 0. The summed E-state index contributed by atoms with van der Waals surface area (Å²) in [7, 11) is 10.7. The molecule has 4 nitrogen and oxygen atoms in total. The summed E-state index contributed by atoms with van der Waals surface area (Å²) in [6.07, 6.45) is 4.83. The van der Waals surface area contributed by atoms with E-state index in [0.29, 0.717) is 12.8 Å². The molecular formula is C10H20N2O2S6. The monoisotopic (exact) mass is 392 g/mol. The van der Waals surface area contributed by atoms with Gasteiger partial charge >= 0.3 is 0 Å². The van der Waals surface area contributed by atoms with E-state index in [1.165, 1.54) is 0 Å². The van der Waals surface area contributed by atoms with Gasteiger partial charge in [-0.15, -0.1) is 0 Å². The first kappa shape index (κ1) is 21.0.